The number of benzene rings is 1. The van der Waals surface area contributed by atoms with Crippen molar-refractivity contribution in [2.24, 2.45) is 0 Å². The highest BCUT2D eigenvalue weighted by Gasteiger charge is 2.46. The van der Waals surface area contributed by atoms with Crippen LogP contribution in [0.2, 0.25) is 0 Å². The molecule has 3 N–H and O–H groups in total. The van der Waals surface area contributed by atoms with Crippen LogP contribution in [0.1, 0.15) is 6.92 Å². The highest BCUT2D eigenvalue weighted by atomic mass is 19.4. The standard InChI is InChI=1S/C12H13F3N4O4/c1-6-10(19(21)22)9(18-17-6)11(20)16-7-2-4-8(5-3-7)23-12(13,14)15/h2-6,9-10,17-18H,1H3,(H,16,20). The van der Waals surface area contributed by atoms with Crippen molar-refractivity contribution in [2.75, 3.05) is 5.32 Å². The van der Waals surface area contributed by atoms with Crippen LogP contribution in [-0.4, -0.2) is 35.3 Å². The number of alkyl halides is 3. The third-order valence-corrected chi connectivity index (χ3v) is 3.20. The van der Waals surface area contributed by atoms with E-state index in [0.717, 1.165) is 12.1 Å². The van der Waals surface area contributed by atoms with Gasteiger partial charge >= 0.3 is 6.36 Å². The van der Waals surface area contributed by atoms with Crippen LogP contribution in [-0.2, 0) is 4.79 Å². The highest BCUT2D eigenvalue weighted by molar-refractivity contribution is 5.95. The van der Waals surface area contributed by atoms with Crippen molar-refractivity contribution < 1.29 is 27.6 Å². The van der Waals surface area contributed by atoms with Gasteiger partial charge in [-0.15, -0.1) is 13.2 Å². The summed E-state index contributed by atoms with van der Waals surface area (Å²) in [6.07, 6.45) is -4.81. The normalized spacial score (nSPS) is 24.3. The molecule has 8 nitrogen and oxygen atoms in total. The van der Waals surface area contributed by atoms with E-state index in [4.69, 9.17) is 0 Å². The SMILES string of the molecule is CC1NNC(C(=O)Nc2ccc(OC(F)(F)F)cc2)C1[N+](=O)[O-]. The van der Waals surface area contributed by atoms with Crippen molar-refractivity contribution in [3.63, 3.8) is 0 Å². The van der Waals surface area contributed by atoms with E-state index in [-0.39, 0.29) is 5.69 Å². The Morgan fingerprint density at radius 1 is 1.30 bits per heavy atom. The summed E-state index contributed by atoms with van der Waals surface area (Å²) in [5, 5.41) is 13.4. The monoisotopic (exact) mass is 334 g/mol. The first kappa shape index (κ1) is 17.0. The van der Waals surface area contributed by atoms with Crippen LogP contribution < -0.4 is 20.9 Å². The van der Waals surface area contributed by atoms with Gasteiger partial charge in [-0.25, -0.2) is 10.9 Å². The van der Waals surface area contributed by atoms with E-state index >= 15 is 0 Å². The van der Waals surface area contributed by atoms with Gasteiger partial charge in [0, 0.05) is 10.6 Å². The van der Waals surface area contributed by atoms with Crippen LogP contribution in [0.4, 0.5) is 18.9 Å². The molecule has 1 heterocycles. The minimum absolute atomic E-state index is 0.188. The summed E-state index contributed by atoms with van der Waals surface area (Å²) < 4.78 is 39.8. The van der Waals surface area contributed by atoms with Crippen LogP contribution in [0.15, 0.2) is 24.3 Å². The molecule has 0 aliphatic carbocycles. The molecule has 1 aromatic rings. The smallest absolute Gasteiger partial charge is 0.406 e. The first-order valence-electron chi connectivity index (χ1n) is 6.48. The van der Waals surface area contributed by atoms with E-state index in [1.165, 1.54) is 12.1 Å². The number of amides is 1. The van der Waals surface area contributed by atoms with Crippen molar-refractivity contribution in [3.05, 3.63) is 34.4 Å². The summed E-state index contributed by atoms with van der Waals surface area (Å²) in [4.78, 5) is 22.5. The van der Waals surface area contributed by atoms with Crippen molar-refractivity contribution in [3.8, 4) is 5.75 Å². The van der Waals surface area contributed by atoms with Gasteiger partial charge in [-0.3, -0.25) is 14.9 Å². The zero-order valence-electron chi connectivity index (χ0n) is 11.8. The highest BCUT2D eigenvalue weighted by Crippen LogP contribution is 2.24. The lowest BCUT2D eigenvalue weighted by Crippen LogP contribution is -2.47. The number of hydrogen-bond acceptors (Lipinski definition) is 6. The number of halogens is 3. The lowest BCUT2D eigenvalue weighted by molar-refractivity contribution is -0.522. The molecular formula is C12H13F3N4O4. The molecule has 1 fully saturated rings. The zero-order chi connectivity index (χ0) is 17.2. The van der Waals surface area contributed by atoms with Crippen LogP contribution in [0, 0.1) is 10.1 Å². The number of hydrazine groups is 1. The molecule has 1 saturated heterocycles. The van der Waals surface area contributed by atoms with Gasteiger partial charge in [-0.1, -0.05) is 0 Å². The molecule has 23 heavy (non-hydrogen) atoms. The minimum Gasteiger partial charge on any atom is -0.406 e. The Hall–Kier alpha value is -2.40. The van der Waals surface area contributed by atoms with Crippen LogP contribution in [0.3, 0.4) is 0 Å². The molecule has 3 unspecified atom stereocenters. The number of carbonyl (C=O) groups is 1. The summed E-state index contributed by atoms with van der Waals surface area (Å²) in [6.45, 7) is 1.55. The molecule has 0 radical (unpaired) electrons. The molecule has 1 aromatic carbocycles. The van der Waals surface area contributed by atoms with Crippen molar-refractivity contribution >= 4 is 11.6 Å². The lowest BCUT2D eigenvalue weighted by Gasteiger charge is -2.14. The molecule has 0 aromatic heterocycles. The molecule has 3 atom stereocenters. The van der Waals surface area contributed by atoms with Gasteiger partial charge in [-0.05, 0) is 31.2 Å². The number of nitrogens with one attached hydrogen (secondary N) is 3. The maximum Gasteiger partial charge on any atom is 0.573 e. The van der Waals surface area contributed by atoms with E-state index in [9.17, 15) is 28.1 Å². The van der Waals surface area contributed by atoms with Gasteiger partial charge < -0.3 is 10.1 Å². The molecule has 126 valence electrons. The van der Waals surface area contributed by atoms with E-state index in [0.29, 0.717) is 0 Å². The average molecular weight is 334 g/mol. The number of nitro groups is 1. The van der Waals surface area contributed by atoms with Gasteiger partial charge in [0.15, 0.2) is 6.04 Å². The average Bonchev–Trinajstić information content (AvgIpc) is 2.81. The first-order chi connectivity index (χ1) is 10.7. The fourth-order valence-electron chi connectivity index (χ4n) is 2.17. The molecule has 0 bridgehead atoms. The van der Waals surface area contributed by atoms with Crippen molar-refractivity contribution in [1.29, 1.82) is 0 Å². The number of carbonyl (C=O) groups excluding carboxylic acids is 1. The van der Waals surface area contributed by atoms with Gasteiger partial charge in [0.1, 0.15) is 5.75 Å². The molecule has 2 rings (SSSR count). The van der Waals surface area contributed by atoms with Gasteiger partial charge in [-0.2, -0.15) is 0 Å². The first-order valence-corrected chi connectivity index (χ1v) is 6.48. The third-order valence-electron chi connectivity index (χ3n) is 3.20. The molecular weight excluding hydrogens is 321 g/mol. The predicted octanol–water partition coefficient (Wildman–Crippen LogP) is 1.03. The summed E-state index contributed by atoms with van der Waals surface area (Å²) in [6, 6.07) is 1.63. The molecule has 1 aliphatic heterocycles. The zero-order valence-corrected chi connectivity index (χ0v) is 11.8. The van der Waals surface area contributed by atoms with Gasteiger partial charge in [0.2, 0.25) is 5.91 Å². The Kier molecular flexibility index (Phi) is 4.71. The maximum atomic E-state index is 12.1. The Morgan fingerprint density at radius 3 is 2.43 bits per heavy atom. The molecule has 11 heteroatoms. The lowest BCUT2D eigenvalue weighted by atomic mass is 10.0. The van der Waals surface area contributed by atoms with Crippen molar-refractivity contribution in [1.82, 2.24) is 10.9 Å². The number of ether oxygens (including phenoxy) is 1. The van der Waals surface area contributed by atoms with Crippen LogP contribution >= 0.6 is 0 Å². The molecule has 1 aliphatic rings. The molecule has 0 spiro atoms. The van der Waals surface area contributed by atoms with Crippen molar-refractivity contribution in [2.45, 2.75) is 31.4 Å². The third kappa shape index (κ3) is 4.29. The summed E-state index contributed by atoms with van der Waals surface area (Å²) in [5.41, 5.74) is 5.32. The van der Waals surface area contributed by atoms with Gasteiger partial charge in [0.25, 0.3) is 6.04 Å². The fraction of sp³-hybridized carbons (Fsp3) is 0.417. The Morgan fingerprint density at radius 2 is 1.91 bits per heavy atom. The number of rotatable bonds is 4. The van der Waals surface area contributed by atoms with E-state index < -0.39 is 41.1 Å². The number of nitrogens with zero attached hydrogens (tertiary/aromatic N) is 1. The Balaban J connectivity index is 2.02. The molecule has 1 amide bonds. The maximum absolute atomic E-state index is 12.1. The van der Waals surface area contributed by atoms with Gasteiger partial charge in [0.05, 0.1) is 6.04 Å². The minimum atomic E-state index is -4.81. The quantitative estimate of drug-likeness (QED) is 0.561. The Bertz CT molecular complexity index is 593. The predicted molar refractivity (Wildman–Crippen MR) is 72.1 cm³/mol. The topological polar surface area (TPSA) is 106 Å². The van der Waals surface area contributed by atoms with Crippen LogP contribution in [0.5, 0.6) is 5.75 Å². The summed E-state index contributed by atoms with van der Waals surface area (Å²) in [7, 11) is 0. The Labute approximate surface area is 128 Å². The second kappa shape index (κ2) is 6.38. The summed E-state index contributed by atoms with van der Waals surface area (Å²) in [5.74, 6) is -1.11. The van der Waals surface area contributed by atoms with E-state index in [2.05, 4.69) is 20.9 Å². The second-order valence-corrected chi connectivity index (χ2v) is 4.89. The summed E-state index contributed by atoms with van der Waals surface area (Å²) >= 11 is 0. The fourth-order valence-corrected chi connectivity index (χ4v) is 2.17. The number of hydrogen-bond donors (Lipinski definition) is 3. The second-order valence-electron chi connectivity index (χ2n) is 4.89. The largest absolute Gasteiger partial charge is 0.573 e. The molecule has 0 saturated carbocycles. The van der Waals surface area contributed by atoms with Crippen LogP contribution in [0.25, 0.3) is 0 Å². The van der Waals surface area contributed by atoms with E-state index in [1.807, 2.05) is 0 Å². The van der Waals surface area contributed by atoms with E-state index in [1.54, 1.807) is 6.92 Å². The number of anilines is 1.